The lowest BCUT2D eigenvalue weighted by molar-refractivity contribution is 0.174. The van der Waals surface area contributed by atoms with E-state index in [1.54, 1.807) is 26.2 Å². The summed E-state index contributed by atoms with van der Waals surface area (Å²) in [6.07, 6.45) is 2.73. The average Bonchev–Trinajstić information content (AvgIpc) is 3.31. The highest BCUT2D eigenvalue weighted by atomic mass is 16.7. The first kappa shape index (κ1) is 21.7. The molecule has 1 atom stereocenters. The zero-order chi connectivity index (χ0) is 22.7. The molecule has 0 aromatic heterocycles. The van der Waals surface area contributed by atoms with Crippen molar-refractivity contribution in [2.45, 2.75) is 19.4 Å². The van der Waals surface area contributed by atoms with Crippen molar-refractivity contribution in [2.24, 2.45) is 0 Å². The van der Waals surface area contributed by atoms with E-state index in [0.717, 1.165) is 22.4 Å². The van der Waals surface area contributed by atoms with Gasteiger partial charge in [-0.15, -0.1) is 0 Å². The lowest BCUT2D eigenvalue weighted by Gasteiger charge is -2.29. The summed E-state index contributed by atoms with van der Waals surface area (Å²) in [5.74, 6) is 3.46. The Morgan fingerprint density at radius 3 is 2.38 bits per heavy atom. The molecule has 170 valence electrons. The van der Waals surface area contributed by atoms with E-state index in [1.807, 2.05) is 43.3 Å². The number of ether oxygens (including phenoxy) is 5. The number of nitrogens with one attached hydrogen (secondary N) is 1. The summed E-state index contributed by atoms with van der Waals surface area (Å²) >= 11 is 0. The summed E-state index contributed by atoms with van der Waals surface area (Å²) in [5, 5.41) is 3.07. The van der Waals surface area contributed by atoms with Gasteiger partial charge in [0.15, 0.2) is 11.5 Å². The highest BCUT2D eigenvalue weighted by Gasteiger charge is 2.24. The van der Waals surface area contributed by atoms with Gasteiger partial charge in [0.2, 0.25) is 6.79 Å². The Bertz CT molecular complexity index is 1010. The van der Waals surface area contributed by atoms with Gasteiger partial charge in [0.1, 0.15) is 17.2 Å². The Kier molecular flexibility index (Phi) is 6.30. The fourth-order valence-corrected chi connectivity index (χ4v) is 3.95. The van der Waals surface area contributed by atoms with Gasteiger partial charge >= 0.3 is 6.03 Å². The summed E-state index contributed by atoms with van der Waals surface area (Å²) in [6.45, 7) is 3.26. The summed E-state index contributed by atoms with van der Waals surface area (Å²) < 4.78 is 27.3. The third kappa shape index (κ3) is 4.26. The molecule has 0 saturated heterocycles. The smallest absolute Gasteiger partial charge is 0.318 e. The minimum Gasteiger partial charge on any atom is -0.496 e. The molecule has 1 unspecified atom stereocenters. The third-order valence-corrected chi connectivity index (χ3v) is 5.77. The molecule has 0 saturated carbocycles. The van der Waals surface area contributed by atoms with Crippen LogP contribution in [0.25, 0.3) is 5.57 Å². The van der Waals surface area contributed by atoms with Crippen molar-refractivity contribution in [1.82, 2.24) is 10.2 Å². The molecule has 2 amide bonds. The van der Waals surface area contributed by atoms with E-state index in [2.05, 4.69) is 5.32 Å². The van der Waals surface area contributed by atoms with Gasteiger partial charge in [0, 0.05) is 25.2 Å². The number of rotatable bonds is 6. The van der Waals surface area contributed by atoms with Crippen molar-refractivity contribution < 1.29 is 28.5 Å². The topological polar surface area (TPSA) is 78.5 Å². The number of hydrogen-bond donors (Lipinski definition) is 1. The van der Waals surface area contributed by atoms with E-state index in [4.69, 9.17) is 23.7 Å². The maximum atomic E-state index is 12.9. The Hall–Kier alpha value is -3.55. The molecule has 2 aromatic rings. The summed E-state index contributed by atoms with van der Waals surface area (Å²) in [6, 6.07) is 9.11. The van der Waals surface area contributed by atoms with Crippen LogP contribution < -0.4 is 29.0 Å². The first-order chi connectivity index (χ1) is 15.5. The molecule has 0 spiro atoms. The Morgan fingerprint density at radius 2 is 1.75 bits per heavy atom. The van der Waals surface area contributed by atoms with Gasteiger partial charge in [-0.1, -0.05) is 12.1 Å². The zero-order valence-corrected chi connectivity index (χ0v) is 18.8. The molecule has 0 aliphatic carbocycles. The number of urea groups is 1. The Balaban J connectivity index is 1.45. The van der Waals surface area contributed by atoms with Crippen LogP contribution in [0.1, 0.15) is 30.5 Å². The molecule has 8 nitrogen and oxygen atoms in total. The van der Waals surface area contributed by atoms with Gasteiger partial charge in [-0.25, -0.2) is 4.79 Å². The first-order valence-electron chi connectivity index (χ1n) is 10.5. The number of fused-ring (bicyclic) bond motifs is 1. The van der Waals surface area contributed by atoms with Crippen molar-refractivity contribution in [3.05, 3.63) is 47.5 Å². The number of carbonyl (C=O) groups excluding carboxylic acids is 1. The van der Waals surface area contributed by atoms with Gasteiger partial charge in [-0.3, -0.25) is 0 Å². The molecule has 2 heterocycles. The standard InChI is InChI=1S/C24H28N2O6/c1-15(17-5-6-19-20(11-17)32-14-31-19)25-24(27)26-9-7-16(8-10-26)23-21(29-3)12-18(28-2)13-22(23)30-4/h5-7,11-13,15H,8-10,14H2,1-4H3,(H,25,27). The molecule has 0 bridgehead atoms. The van der Waals surface area contributed by atoms with Gasteiger partial charge in [0.05, 0.1) is 32.9 Å². The van der Waals surface area contributed by atoms with Crippen LogP contribution in [-0.2, 0) is 0 Å². The van der Waals surface area contributed by atoms with Gasteiger partial charge in [-0.05, 0) is 36.6 Å². The van der Waals surface area contributed by atoms with Crippen LogP contribution >= 0.6 is 0 Å². The largest absolute Gasteiger partial charge is 0.496 e. The van der Waals surface area contributed by atoms with E-state index in [9.17, 15) is 4.79 Å². The lowest BCUT2D eigenvalue weighted by atomic mass is 9.97. The van der Waals surface area contributed by atoms with Crippen molar-refractivity contribution in [3.8, 4) is 28.7 Å². The summed E-state index contributed by atoms with van der Waals surface area (Å²) in [5.41, 5.74) is 2.93. The average molecular weight is 440 g/mol. The molecule has 32 heavy (non-hydrogen) atoms. The molecule has 0 fully saturated rings. The molecule has 0 radical (unpaired) electrons. The fourth-order valence-electron chi connectivity index (χ4n) is 3.95. The van der Waals surface area contributed by atoms with Gasteiger partial charge < -0.3 is 33.9 Å². The van der Waals surface area contributed by atoms with Crippen LogP contribution in [-0.4, -0.2) is 52.1 Å². The Morgan fingerprint density at radius 1 is 1.03 bits per heavy atom. The SMILES string of the molecule is COc1cc(OC)c(C2=CCN(C(=O)NC(C)c3ccc4c(c3)OCO4)CC2)c(OC)c1. The lowest BCUT2D eigenvalue weighted by Crippen LogP contribution is -2.43. The number of amides is 2. The molecule has 8 heteroatoms. The predicted octanol–water partition coefficient (Wildman–Crippen LogP) is 4.00. The highest BCUT2D eigenvalue weighted by Crippen LogP contribution is 2.41. The molecule has 1 N–H and O–H groups in total. The van der Waals surface area contributed by atoms with Gasteiger partial charge in [-0.2, -0.15) is 0 Å². The second-order valence-electron chi connectivity index (χ2n) is 7.62. The first-order valence-corrected chi connectivity index (χ1v) is 10.5. The van der Waals surface area contributed by atoms with Crippen molar-refractivity contribution in [1.29, 1.82) is 0 Å². The van der Waals surface area contributed by atoms with E-state index < -0.39 is 0 Å². The minimum atomic E-state index is -0.163. The monoisotopic (exact) mass is 440 g/mol. The van der Waals surface area contributed by atoms with Crippen LogP contribution in [0.3, 0.4) is 0 Å². The Labute approximate surface area is 187 Å². The molecule has 2 aliphatic heterocycles. The number of hydrogen-bond acceptors (Lipinski definition) is 6. The molecule has 2 aromatic carbocycles. The van der Waals surface area contributed by atoms with Crippen LogP contribution in [0.4, 0.5) is 4.79 Å². The van der Waals surface area contributed by atoms with Gasteiger partial charge in [0.25, 0.3) is 0 Å². The van der Waals surface area contributed by atoms with Crippen LogP contribution in [0.2, 0.25) is 0 Å². The molecular weight excluding hydrogens is 412 g/mol. The number of nitrogens with zero attached hydrogens (tertiary/aromatic N) is 1. The number of carbonyl (C=O) groups is 1. The maximum Gasteiger partial charge on any atom is 0.318 e. The fraction of sp³-hybridized carbons (Fsp3) is 0.375. The van der Waals surface area contributed by atoms with Crippen molar-refractivity contribution in [3.63, 3.8) is 0 Å². The molecule has 4 rings (SSSR count). The second kappa shape index (κ2) is 9.30. The van der Waals surface area contributed by atoms with Crippen molar-refractivity contribution in [2.75, 3.05) is 41.2 Å². The van der Waals surface area contributed by atoms with Crippen LogP contribution in [0.15, 0.2) is 36.4 Å². The maximum absolute atomic E-state index is 12.9. The van der Waals surface area contributed by atoms with E-state index in [0.29, 0.717) is 42.5 Å². The molecule has 2 aliphatic rings. The number of benzene rings is 2. The summed E-state index contributed by atoms with van der Waals surface area (Å²) in [7, 11) is 4.85. The van der Waals surface area contributed by atoms with Crippen molar-refractivity contribution >= 4 is 11.6 Å². The highest BCUT2D eigenvalue weighted by molar-refractivity contribution is 5.80. The van der Waals surface area contributed by atoms with E-state index in [-0.39, 0.29) is 18.9 Å². The second-order valence-corrected chi connectivity index (χ2v) is 7.62. The predicted molar refractivity (Wildman–Crippen MR) is 120 cm³/mol. The molecular formula is C24H28N2O6. The van der Waals surface area contributed by atoms with Crippen LogP contribution in [0.5, 0.6) is 28.7 Å². The summed E-state index contributed by atoms with van der Waals surface area (Å²) in [4.78, 5) is 14.6. The third-order valence-electron chi connectivity index (χ3n) is 5.77. The van der Waals surface area contributed by atoms with E-state index >= 15 is 0 Å². The minimum absolute atomic E-state index is 0.112. The van der Waals surface area contributed by atoms with E-state index in [1.165, 1.54) is 0 Å². The number of methoxy groups -OCH3 is 3. The quantitative estimate of drug-likeness (QED) is 0.732. The van der Waals surface area contributed by atoms with Crippen LogP contribution in [0, 0.1) is 0 Å². The zero-order valence-electron chi connectivity index (χ0n) is 18.8. The normalized spacial score (nSPS) is 15.6.